The van der Waals surface area contributed by atoms with E-state index in [1.807, 2.05) is 0 Å². The molecule has 128 valence electrons. The van der Waals surface area contributed by atoms with Crippen molar-refractivity contribution in [3.05, 3.63) is 0 Å². The standard InChI is InChI=1S/C11H22F3N3O2S.HI/c1-4-15-10(16-7-6-11(12,13)14)17-9(2)5-8-20(3,18)19;/h9H,4-8H2,1-3H3,(H2,15,16,17);1H. The van der Waals surface area contributed by atoms with Gasteiger partial charge in [-0.05, 0) is 20.3 Å². The zero-order chi connectivity index (χ0) is 15.8. The summed E-state index contributed by atoms with van der Waals surface area (Å²) in [5.74, 6) is 0.279. The van der Waals surface area contributed by atoms with Crippen molar-refractivity contribution in [1.82, 2.24) is 10.6 Å². The van der Waals surface area contributed by atoms with Crippen molar-refractivity contribution in [2.75, 3.05) is 25.1 Å². The van der Waals surface area contributed by atoms with Gasteiger partial charge in [-0.3, -0.25) is 4.99 Å². The molecule has 5 nitrogen and oxygen atoms in total. The number of halogens is 4. The number of guanidine groups is 1. The van der Waals surface area contributed by atoms with Crippen molar-refractivity contribution < 1.29 is 21.6 Å². The van der Waals surface area contributed by atoms with Crippen LogP contribution in [0, 0.1) is 0 Å². The SMILES string of the molecule is CCNC(=NCCC(F)(F)F)NC(C)CCS(C)(=O)=O.I. The first-order valence-electron chi connectivity index (χ1n) is 6.33. The Labute approximate surface area is 141 Å². The van der Waals surface area contributed by atoms with Gasteiger partial charge in [0.1, 0.15) is 9.84 Å². The molecular weight excluding hydrogens is 422 g/mol. The van der Waals surface area contributed by atoms with E-state index in [9.17, 15) is 21.6 Å². The summed E-state index contributed by atoms with van der Waals surface area (Å²) in [4.78, 5) is 3.81. The van der Waals surface area contributed by atoms with E-state index in [-0.39, 0.29) is 48.3 Å². The molecule has 0 saturated heterocycles. The van der Waals surface area contributed by atoms with Crippen LogP contribution >= 0.6 is 24.0 Å². The van der Waals surface area contributed by atoms with Gasteiger partial charge in [0.25, 0.3) is 0 Å². The molecule has 0 fully saturated rings. The summed E-state index contributed by atoms with van der Waals surface area (Å²) in [5.41, 5.74) is 0. The van der Waals surface area contributed by atoms with Gasteiger partial charge in [0.2, 0.25) is 0 Å². The van der Waals surface area contributed by atoms with Crippen molar-refractivity contribution >= 4 is 39.8 Å². The predicted octanol–water partition coefficient (Wildman–Crippen LogP) is 1.94. The van der Waals surface area contributed by atoms with Crippen LogP contribution in [0.2, 0.25) is 0 Å². The van der Waals surface area contributed by atoms with Crippen LogP contribution in [0.5, 0.6) is 0 Å². The van der Waals surface area contributed by atoms with E-state index in [2.05, 4.69) is 15.6 Å². The summed E-state index contributed by atoms with van der Waals surface area (Å²) in [6, 6.07) is -0.201. The van der Waals surface area contributed by atoms with Crippen LogP contribution < -0.4 is 10.6 Å². The molecule has 0 aliphatic heterocycles. The summed E-state index contributed by atoms with van der Waals surface area (Å²) < 4.78 is 58.2. The Morgan fingerprint density at radius 3 is 2.33 bits per heavy atom. The van der Waals surface area contributed by atoms with Crippen molar-refractivity contribution in [2.24, 2.45) is 4.99 Å². The lowest BCUT2D eigenvalue weighted by atomic mass is 10.3. The third-order valence-corrected chi connectivity index (χ3v) is 3.29. The highest BCUT2D eigenvalue weighted by molar-refractivity contribution is 14.0. The molecule has 1 unspecified atom stereocenters. The third-order valence-electron chi connectivity index (χ3n) is 2.31. The average Bonchev–Trinajstić information content (AvgIpc) is 2.24. The Hall–Kier alpha value is -0.260. The summed E-state index contributed by atoms with van der Waals surface area (Å²) in [5, 5.41) is 5.70. The molecule has 0 amide bonds. The van der Waals surface area contributed by atoms with Crippen molar-refractivity contribution in [2.45, 2.75) is 38.9 Å². The summed E-state index contributed by atoms with van der Waals surface area (Å²) in [7, 11) is -3.05. The lowest BCUT2D eigenvalue weighted by Crippen LogP contribution is -2.43. The van der Waals surface area contributed by atoms with Crippen LogP contribution in [0.4, 0.5) is 13.2 Å². The number of hydrogen-bond acceptors (Lipinski definition) is 3. The lowest BCUT2D eigenvalue weighted by Gasteiger charge is -2.17. The van der Waals surface area contributed by atoms with E-state index in [0.717, 1.165) is 6.26 Å². The van der Waals surface area contributed by atoms with Crippen LogP contribution in [0.15, 0.2) is 4.99 Å². The van der Waals surface area contributed by atoms with Gasteiger partial charge in [-0.15, -0.1) is 24.0 Å². The quantitative estimate of drug-likeness (QED) is 0.357. The Bertz CT molecular complexity index is 413. The largest absolute Gasteiger partial charge is 0.390 e. The fourth-order valence-electron chi connectivity index (χ4n) is 1.31. The Balaban J connectivity index is 0. The number of hydrogen-bond donors (Lipinski definition) is 2. The van der Waals surface area contributed by atoms with Crippen LogP contribution in [0.25, 0.3) is 0 Å². The van der Waals surface area contributed by atoms with Crippen LogP contribution in [0.3, 0.4) is 0 Å². The number of aliphatic imine (C=N–C) groups is 1. The molecule has 0 rings (SSSR count). The van der Waals surface area contributed by atoms with Gasteiger partial charge >= 0.3 is 6.18 Å². The molecule has 0 aromatic carbocycles. The fourth-order valence-corrected chi connectivity index (χ4v) is 2.09. The molecule has 0 aliphatic rings. The van der Waals surface area contributed by atoms with Crippen molar-refractivity contribution in [3.63, 3.8) is 0 Å². The number of nitrogens with zero attached hydrogens (tertiary/aromatic N) is 1. The predicted molar refractivity (Wildman–Crippen MR) is 89.0 cm³/mol. The molecule has 0 heterocycles. The Morgan fingerprint density at radius 1 is 1.33 bits per heavy atom. The second-order valence-electron chi connectivity index (χ2n) is 4.59. The summed E-state index contributed by atoms with van der Waals surface area (Å²) in [6.07, 6.45) is -3.71. The molecule has 0 radical (unpaired) electrons. The highest BCUT2D eigenvalue weighted by Crippen LogP contribution is 2.18. The molecule has 0 aliphatic carbocycles. The van der Waals surface area contributed by atoms with E-state index in [4.69, 9.17) is 0 Å². The normalized spacial score (nSPS) is 14.3. The molecule has 0 bridgehead atoms. The van der Waals surface area contributed by atoms with E-state index in [0.29, 0.717) is 13.0 Å². The lowest BCUT2D eigenvalue weighted by molar-refractivity contribution is -0.132. The second-order valence-corrected chi connectivity index (χ2v) is 6.85. The molecule has 0 saturated carbocycles. The molecule has 1 atom stereocenters. The molecule has 0 aromatic rings. The Kier molecular flexibility index (Phi) is 11.5. The molecule has 0 spiro atoms. The van der Waals surface area contributed by atoms with Crippen LogP contribution in [-0.2, 0) is 9.84 Å². The first-order chi connectivity index (χ1) is 9.03. The molecule has 2 N–H and O–H groups in total. The minimum atomic E-state index is -4.23. The van der Waals surface area contributed by atoms with E-state index < -0.39 is 22.4 Å². The molecule has 0 aromatic heterocycles. The van der Waals surface area contributed by atoms with Gasteiger partial charge < -0.3 is 10.6 Å². The minimum Gasteiger partial charge on any atom is -0.357 e. The van der Waals surface area contributed by atoms with Gasteiger partial charge in [-0.25, -0.2) is 8.42 Å². The van der Waals surface area contributed by atoms with Crippen molar-refractivity contribution in [3.8, 4) is 0 Å². The summed E-state index contributed by atoms with van der Waals surface area (Å²) >= 11 is 0. The molecule has 21 heavy (non-hydrogen) atoms. The minimum absolute atomic E-state index is 0. The third kappa shape index (κ3) is 15.9. The van der Waals surface area contributed by atoms with E-state index in [1.165, 1.54) is 0 Å². The smallest absolute Gasteiger partial charge is 0.357 e. The fraction of sp³-hybridized carbons (Fsp3) is 0.909. The van der Waals surface area contributed by atoms with E-state index in [1.54, 1.807) is 13.8 Å². The number of alkyl halides is 3. The van der Waals surface area contributed by atoms with Crippen LogP contribution in [-0.4, -0.2) is 51.7 Å². The monoisotopic (exact) mass is 445 g/mol. The first kappa shape index (κ1) is 23.0. The van der Waals surface area contributed by atoms with Crippen molar-refractivity contribution in [1.29, 1.82) is 0 Å². The number of rotatable bonds is 7. The molecular formula is C11H23F3IN3O2S. The van der Waals surface area contributed by atoms with Gasteiger partial charge in [-0.2, -0.15) is 13.2 Å². The first-order valence-corrected chi connectivity index (χ1v) is 8.39. The topological polar surface area (TPSA) is 70.6 Å². The average molecular weight is 445 g/mol. The van der Waals surface area contributed by atoms with Gasteiger partial charge in [0, 0.05) is 18.8 Å². The second kappa shape index (κ2) is 10.5. The number of sulfone groups is 1. The van der Waals surface area contributed by atoms with Gasteiger partial charge in [-0.1, -0.05) is 0 Å². The maximum absolute atomic E-state index is 12.0. The highest BCUT2D eigenvalue weighted by Gasteiger charge is 2.26. The Morgan fingerprint density at radius 2 is 1.90 bits per heavy atom. The highest BCUT2D eigenvalue weighted by atomic mass is 127. The number of nitrogens with one attached hydrogen (secondary N) is 2. The van der Waals surface area contributed by atoms with Gasteiger partial charge in [0.05, 0.1) is 18.7 Å². The summed E-state index contributed by atoms with van der Waals surface area (Å²) in [6.45, 7) is 3.69. The van der Waals surface area contributed by atoms with Gasteiger partial charge in [0.15, 0.2) is 5.96 Å². The maximum atomic E-state index is 12.0. The molecule has 10 heteroatoms. The zero-order valence-electron chi connectivity index (χ0n) is 12.3. The zero-order valence-corrected chi connectivity index (χ0v) is 15.5. The maximum Gasteiger partial charge on any atom is 0.390 e. The van der Waals surface area contributed by atoms with E-state index >= 15 is 0 Å². The van der Waals surface area contributed by atoms with Crippen LogP contribution in [0.1, 0.15) is 26.7 Å².